The first-order valence-corrected chi connectivity index (χ1v) is 7.78. The van der Waals surface area contributed by atoms with Crippen molar-refractivity contribution in [2.45, 2.75) is 38.2 Å². The third-order valence-corrected chi connectivity index (χ3v) is 3.94. The minimum absolute atomic E-state index is 0.566. The first-order valence-electron chi connectivity index (χ1n) is 7.78. The highest BCUT2D eigenvalue weighted by atomic mass is 16.5. The molecule has 1 saturated carbocycles. The van der Waals surface area contributed by atoms with Gasteiger partial charge >= 0.3 is 0 Å². The van der Waals surface area contributed by atoms with E-state index in [2.05, 4.69) is 19.1 Å². The summed E-state index contributed by atoms with van der Waals surface area (Å²) in [5.41, 5.74) is 3.24. The Morgan fingerprint density at radius 3 is 2.52 bits per heavy atom. The summed E-state index contributed by atoms with van der Waals surface area (Å²) in [4.78, 5) is 0. The van der Waals surface area contributed by atoms with Crippen molar-refractivity contribution >= 4 is 0 Å². The molecule has 1 N–H and O–H groups in total. The average molecular weight is 282 g/mol. The molecule has 1 unspecified atom stereocenters. The number of aliphatic hydroxyl groups excluding tert-OH is 1. The lowest BCUT2D eigenvalue weighted by Crippen LogP contribution is -2.01. The quantitative estimate of drug-likeness (QED) is 0.849. The predicted molar refractivity (Wildman–Crippen MR) is 84.7 cm³/mol. The number of ether oxygens (including phenoxy) is 1. The molecule has 0 heterocycles. The third-order valence-electron chi connectivity index (χ3n) is 3.94. The summed E-state index contributed by atoms with van der Waals surface area (Å²) >= 11 is 0. The highest BCUT2D eigenvalue weighted by Gasteiger charge is 2.24. The van der Waals surface area contributed by atoms with Gasteiger partial charge in [-0.25, -0.2) is 0 Å². The lowest BCUT2D eigenvalue weighted by molar-refractivity contribution is 0.220. The lowest BCUT2D eigenvalue weighted by Gasteiger charge is -2.13. The molecule has 2 aromatic carbocycles. The second-order valence-corrected chi connectivity index (χ2v) is 5.76. The Bertz CT molecular complexity index is 585. The van der Waals surface area contributed by atoms with Crippen LogP contribution in [-0.4, -0.2) is 11.7 Å². The van der Waals surface area contributed by atoms with Gasteiger partial charge in [0, 0.05) is 0 Å². The third kappa shape index (κ3) is 3.45. The van der Waals surface area contributed by atoms with Crippen LogP contribution in [0.5, 0.6) is 5.75 Å². The Morgan fingerprint density at radius 2 is 1.86 bits per heavy atom. The number of hydrogen-bond acceptors (Lipinski definition) is 2. The van der Waals surface area contributed by atoms with Crippen LogP contribution in [0.3, 0.4) is 0 Å². The van der Waals surface area contributed by atoms with Crippen LogP contribution in [0.1, 0.15) is 54.9 Å². The summed E-state index contributed by atoms with van der Waals surface area (Å²) in [6.45, 7) is 2.82. The standard InChI is InChI=1S/C19H22O2/c1-2-12-21-18-10-8-15(9-11-18)19(20)17-5-3-4-16(13-17)14-6-7-14/h3-5,8-11,13-14,19-20H,2,6-7,12H2,1H3. The maximum atomic E-state index is 10.5. The van der Waals surface area contributed by atoms with Gasteiger partial charge in [0.25, 0.3) is 0 Å². The molecule has 2 heteroatoms. The minimum atomic E-state index is -0.566. The van der Waals surface area contributed by atoms with Gasteiger partial charge in [-0.1, -0.05) is 43.3 Å². The first kappa shape index (κ1) is 14.2. The Kier molecular flexibility index (Phi) is 4.26. The number of hydrogen-bond donors (Lipinski definition) is 1. The summed E-state index contributed by atoms with van der Waals surface area (Å²) in [5.74, 6) is 1.57. The van der Waals surface area contributed by atoms with E-state index in [9.17, 15) is 5.11 Å². The summed E-state index contributed by atoms with van der Waals surface area (Å²) in [7, 11) is 0. The van der Waals surface area contributed by atoms with Crippen LogP contribution in [0.4, 0.5) is 0 Å². The van der Waals surface area contributed by atoms with E-state index < -0.39 is 6.10 Å². The van der Waals surface area contributed by atoms with Gasteiger partial charge in [0.2, 0.25) is 0 Å². The molecule has 2 nitrogen and oxygen atoms in total. The van der Waals surface area contributed by atoms with Crippen molar-refractivity contribution in [2.75, 3.05) is 6.61 Å². The van der Waals surface area contributed by atoms with Gasteiger partial charge in [-0.3, -0.25) is 0 Å². The second kappa shape index (κ2) is 6.31. The molecule has 0 aromatic heterocycles. The van der Waals surface area contributed by atoms with Gasteiger partial charge in [0.1, 0.15) is 11.9 Å². The van der Waals surface area contributed by atoms with E-state index in [0.717, 1.165) is 29.9 Å². The molecule has 0 spiro atoms. The molecular weight excluding hydrogens is 260 g/mol. The van der Waals surface area contributed by atoms with Crippen LogP contribution in [-0.2, 0) is 0 Å². The Hall–Kier alpha value is -1.80. The van der Waals surface area contributed by atoms with Crippen LogP contribution in [0.15, 0.2) is 48.5 Å². The molecule has 0 radical (unpaired) electrons. The molecule has 21 heavy (non-hydrogen) atoms. The molecule has 110 valence electrons. The first-order chi connectivity index (χ1) is 10.3. The molecule has 1 atom stereocenters. The smallest absolute Gasteiger partial charge is 0.119 e. The molecule has 1 aliphatic carbocycles. The summed E-state index contributed by atoms with van der Waals surface area (Å²) in [5, 5.41) is 10.5. The minimum Gasteiger partial charge on any atom is -0.494 e. The zero-order chi connectivity index (χ0) is 14.7. The molecule has 0 saturated heterocycles. The molecule has 3 rings (SSSR count). The van der Waals surface area contributed by atoms with Crippen molar-refractivity contribution in [3.05, 3.63) is 65.2 Å². The number of aliphatic hydroxyl groups is 1. The van der Waals surface area contributed by atoms with Crippen molar-refractivity contribution in [2.24, 2.45) is 0 Å². The van der Waals surface area contributed by atoms with Crippen molar-refractivity contribution in [1.29, 1.82) is 0 Å². The molecule has 0 bridgehead atoms. The van der Waals surface area contributed by atoms with E-state index in [1.165, 1.54) is 18.4 Å². The van der Waals surface area contributed by atoms with E-state index in [1.54, 1.807) is 0 Å². The van der Waals surface area contributed by atoms with Crippen molar-refractivity contribution < 1.29 is 9.84 Å². The largest absolute Gasteiger partial charge is 0.494 e. The maximum absolute atomic E-state index is 10.5. The van der Waals surface area contributed by atoms with Crippen LogP contribution >= 0.6 is 0 Å². The highest BCUT2D eigenvalue weighted by molar-refractivity contribution is 5.37. The highest BCUT2D eigenvalue weighted by Crippen LogP contribution is 2.40. The van der Waals surface area contributed by atoms with Crippen molar-refractivity contribution in [3.8, 4) is 5.75 Å². The zero-order valence-electron chi connectivity index (χ0n) is 12.5. The van der Waals surface area contributed by atoms with Crippen molar-refractivity contribution in [1.82, 2.24) is 0 Å². The second-order valence-electron chi connectivity index (χ2n) is 5.76. The van der Waals surface area contributed by atoms with Crippen LogP contribution in [0.2, 0.25) is 0 Å². The monoisotopic (exact) mass is 282 g/mol. The van der Waals surface area contributed by atoms with Gasteiger partial charge in [-0.05, 0) is 54.0 Å². The number of benzene rings is 2. The predicted octanol–water partition coefficient (Wildman–Crippen LogP) is 4.43. The van der Waals surface area contributed by atoms with Crippen LogP contribution in [0.25, 0.3) is 0 Å². The molecule has 0 aliphatic heterocycles. The fourth-order valence-corrected chi connectivity index (χ4v) is 2.56. The topological polar surface area (TPSA) is 29.5 Å². The van der Waals surface area contributed by atoms with Gasteiger partial charge in [0.05, 0.1) is 6.61 Å². The molecule has 1 fully saturated rings. The zero-order valence-corrected chi connectivity index (χ0v) is 12.5. The maximum Gasteiger partial charge on any atom is 0.119 e. The normalized spacial score (nSPS) is 15.7. The molecule has 0 amide bonds. The van der Waals surface area contributed by atoms with E-state index in [-0.39, 0.29) is 0 Å². The van der Waals surface area contributed by atoms with Crippen LogP contribution in [0, 0.1) is 0 Å². The van der Waals surface area contributed by atoms with Gasteiger partial charge in [-0.15, -0.1) is 0 Å². The van der Waals surface area contributed by atoms with E-state index in [1.807, 2.05) is 36.4 Å². The number of rotatable bonds is 6. The Morgan fingerprint density at radius 1 is 1.10 bits per heavy atom. The summed E-state index contributed by atoms with van der Waals surface area (Å²) in [6, 6.07) is 16.1. The Labute approximate surface area is 126 Å². The lowest BCUT2D eigenvalue weighted by atomic mass is 9.98. The molecular formula is C19H22O2. The van der Waals surface area contributed by atoms with E-state index in [4.69, 9.17) is 4.74 Å². The molecule has 2 aromatic rings. The fourth-order valence-electron chi connectivity index (χ4n) is 2.56. The molecule has 1 aliphatic rings. The Balaban J connectivity index is 1.74. The van der Waals surface area contributed by atoms with Gasteiger partial charge in [0.15, 0.2) is 0 Å². The van der Waals surface area contributed by atoms with Crippen LogP contribution < -0.4 is 4.74 Å². The average Bonchev–Trinajstić information content (AvgIpc) is 3.38. The van der Waals surface area contributed by atoms with E-state index >= 15 is 0 Å². The SMILES string of the molecule is CCCOc1ccc(C(O)c2cccc(C3CC3)c2)cc1. The fraction of sp³-hybridized carbons (Fsp3) is 0.368. The van der Waals surface area contributed by atoms with E-state index in [0.29, 0.717) is 5.92 Å². The van der Waals surface area contributed by atoms with Crippen molar-refractivity contribution in [3.63, 3.8) is 0 Å². The van der Waals surface area contributed by atoms with Gasteiger partial charge in [-0.2, -0.15) is 0 Å². The summed E-state index contributed by atoms with van der Waals surface area (Å²) in [6.07, 6.45) is 2.99. The van der Waals surface area contributed by atoms with Gasteiger partial charge < -0.3 is 9.84 Å². The summed E-state index contributed by atoms with van der Waals surface area (Å²) < 4.78 is 5.57.